The van der Waals surface area contributed by atoms with Crippen molar-refractivity contribution in [1.82, 2.24) is 5.43 Å². The van der Waals surface area contributed by atoms with Crippen molar-refractivity contribution in [3.05, 3.63) is 35.9 Å². The summed E-state index contributed by atoms with van der Waals surface area (Å²) in [7, 11) is 0. The number of carbonyl (C=O) groups is 2. The van der Waals surface area contributed by atoms with Gasteiger partial charge in [-0.05, 0) is 25.7 Å². The molecule has 0 atom stereocenters. The van der Waals surface area contributed by atoms with Crippen LogP contribution in [-0.2, 0) is 4.74 Å². The molecule has 1 aromatic rings. The lowest BCUT2D eigenvalue weighted by Crippen LogP contribution is -2.48. The number of ether oxygens (including phenoxy) is 1. The Bertz CT molecular complexity index is 453. The number of ketones is 1. The summed E-state index contributed by atoms with van der Waals surface area (Å²) < 4.78 is 5.32. The van der Waals surface area contributed by atoms with E-state index in [1.54, 1.807) is 24.3 Å². The zero-order valence-electron chi connectivity index (χ0n) is 10.7. The smallest absolute Gasteiger partial charge is 0.422 e. The van der Waals surface area contributed by atoms with E-state index in [9.17, 15) is 9.59 Å². The maximum absolute atomic E-state index is 12.6. The molecule has 102 valence electrons. The second kappa shape index (κ2) is 5.84. The molecule has 0 saturated heterocycles. The van der Waals surface area contributed by atoms with Gasteiger partial charge in [0.2, 0.25) is 5.78 Å². The number of hydrogen-bond acceptors (Lipinski definition) is 4. The lowest BCUT2D eigenvalue weighted by molar-refractivity contribution is -0.00414. The molecule has 0 radical (unpaired) electrons. The molecule has 3 N–H and O–H groups in total. The molecule has 0 spiro atoms. The molecular weight excluding hydrogens is 244 g/mol. The minimum atomic E-state index is -1.07. The van der Waals surface area contributed by atoms with E-state index < -0.39 is 11.7 Å². The Morgan fingerprint density at radius 2 is 1.74 bits per heavy atom. The number of nitrogens with two attached hydrogens (primary N) is 1. The Morgan fingerprint density at radius 1 is 1.11 bits per heavy atom. The summed E-state index contributed by atoms with van der Waals surface area (Å²) in [5.74, 6) is 4.91. The summed E-state index contributed by atoms with van der Waals surface area (Å²) in [6.07, 6.45) is 3.14. The van der Waals surface area contributed by atoms with Gasteiger partial charge in [0.1, 0.15) is 0 Å². The molecule has 1 saturated carbocycles. The fourth-order valence-corrected chi connectivity index (χ4v) is 2.56. The zero-order valence-corrected chi connectivity index (χ0v) is 10.7. The van der Waals surface area contributed by atoms with E-state index in [1.807, 2.05) is 11.5 Å². The van der Waals surface area contributed by atoms with Crippen LogP contribution in [0.3, 0.4) is 0 Å². The monoisotopic (exact) mass is 262 g/mol. The van der Waals surface area contributed by atoms with Crippen LogP contribution in [0.2, 0.25) is 0 Å². The van der Waals surface area contributed by atoms with Crippen molar-refractivity contribution in [3.8, 4) is 0 Å². The van der Waals surface area contributed by atoms with Gasteiger partial charge in [0.05, 0.1) is 0 Å². The first-order chi connectivity index (χ1) is 9.18. The fourth-order valence-electron chi connectivity index (χ4n) is 2.56. The van der Waals surface area contributed by atoms with Crippen molar-refractivity contribution in [3.63, 3.8) is 0 Å². The van der Waals surface area contributed by atoms with Crippen molar-refractivity contribution < 1.29 is 14.3 Å². The second-order valence-electron chi connectivity index (χ2n) is 4.78. The number of carbonyl (C=O) groups excluding carboxylic acids is 2. The summed E-state index contributed by atoms with van der Waals surface area (Å²) in [5.41, 5.74) is 1.43. The summed E-state index contributed by atoms with van der Waals surface area (Å²) in [6.45, 7) is 0. The molecule has 0 unspecified atom stereocenters. The Hall–Kier alpha value is -1.88. The lowest BCUT2D eigenvalue weighted by Gasteiger charge is -2.35. The maximum atomic E-state index is 12.6. The van der Waals surface area contributed by atoms with Crippen molar-refractivity contribution in [2.24, 2.45) is 5.84 Å². The van der Waals surface area contributed by atoms with Gasteiger partial charge >= 0.3 is 6.09 Å². The fraction of sp³-hybridized carbons (Fsp3) is 0.429. The van der Waals surface area contributed by atoms with Gasteiger partial charge in [0.15, 0.2) is 5.60 Å². The Labute approximate surface area is 112 Å². The predicted molar refractivity (Wildman–Crippen MR) is 70.4 cm³/mol. The first-order valence-electron chi connectivity index (χ1n) is 6.47. The molecule has 0 heterocycles. The predicted octanol–water partition coefficient (Wildman–Crippen LogP) is 2.17. The lowest BCUT2D eigenvalue weighted by atomic mass is 9.79. The number of benzene rings is 1. The van der Waals surface area contributed by atoms with Crippen LogP contribution in [0.4, 0.5) is 4.79 Å². The van der Waals surface area contributed by atoms with Crippen LogP contribution < -0.4 is 11.3 Å². The molecule has 1 aliphatic rings. The zero-order chi connectivity index (χ0) is 13.7. The Balaban J connectivity index is 2.26. The van der Waals surface area contributed by atoms with Gasteiger partial charge < -0.3 is 4.74 Å². The molecule has 19 heavy (non-hydrogen) atoms. The number of Topliss-reactive ketones (excluding diaryl/α,β-unsaturated/α-hetero) is 1. The summed E-state index contributed by atoms with van der Waals surface area (Å²) in [4.78, 5) is 24.0. The first-order valence-corrected chi connectivity index (χ1v) is 6.47. The summed E-state index contributed by atoms with van der Waals surface area (Å²) in [6, 6.07) is 8.92. The largest absolute Gasteiger partial charge is 0.434 e. The highest BCUT2D eigenvalue weighted by molar-refractivity contribution is 6.03. The molecule has 1 aliphatic carbocycles. The molecule has 5 nitrogen and oxygen atoms in total. The van der Waals surface area contributed by atoms with E-state index in [1.165, 1.54) is 0 Å². The number of hydrogen-bond donors (Lipinski definition) is 2. The van der Waals surface area contributed by atoms with Crippen molar-refractivity contribution in [2.75, 3.05) is 0 Å². The number of rotatable bonds is 3. The normalized spacial score (nSPS) is 17.5. The standard InChI is InChI=1S/C14H18N2O3/c15-16-13(18)19-14(9-5-2-6-10-14)12(17)11-7-3-1-4-8-11/h1,3-4,7-8H,2,5-6,9-10,15H2,(H,16,18). The third kappa shape index (κ3) is 2.93. The van der Waals surface area contributed by atoms with Crippen LogP contribution in [0.15, 0.2) is 30.3 Å². The van der Waals surface area contributed by atoms with Gasteiger partial charge in [0.25, 0.3) is 0 Å². The topological polar surface area (TPSA) is 81.4 Å². The van der Waals surface area contributed by atoms with Gasteiger partial charge in [-0.2, -0.15) is 0 Å². The van der Waals surface area contributed by atoms with Crippen LogP contribution in [0.1, 0.15) is 42.5 Å². The first kappa shape index (κ1) is 13.5. The van der Waals surface area contributed by atoms with Crippen LogP contribution in [-0.4, -0.2) is 17.5 Å². The van der Waals surface area contributed by atoms with Crippen LogP contribution >= 0.6 is 0 Å². The second-order valence-corrected chi connectivity index (χ2v) is 4.78. The average Bonchev–Trinajstić information content (AvgIpc) is 2.48. The highest BCUT2D eigenvalue weighted by Crippen LogP contribution is 2.34. The van der Waals surface area contributed by atoms with Crippen molar-refractivity contribution >= 4 is 11.9 Å². The van der Waals surface area contributed by atoms with Crippen molar-refractivity contribution in [1.29, 1.82) is 0 Å². The number of amides is 1. The molecule has 1 aromatic carbocycles. The minimum absolute atomic E-state index is 0.142. The summed E-state index contributed by atoms with van der Waals surface area (Å²) in [5, 5.41) is 0. The molecule has 1 fully saturated rings. The van der Waals surface area contributed by atoms with E-state index in [-0.39, 0.29) is 5.78 Å². The molecule has 1 amide bonds. The third-order valence-electron chi connectivity index (χ3n) is 3.52. The van der Waals surface area contributed by atoms with E-state index in [2.05, 4.69) is 0 Å². The third-order valence-corrected chi connectivity index (χ3v) is 3.52. The van der Waals surface area contributed by atoms with E-state index >= 15 is 0 Å². The van der Waals surface area contributed by atoms with E-state index in [4.69, 9.17) is 10.6 Å². The van der Waals surface area contributed by atoms with E-state index in [0.717, 1.165) is 19.3 Å². The number of nitrogens with one attached hydrogen (secondary N) is 1. The van der Waals surface area contributed by atoms with Gasteiger partial charge in [-0.15, -0.1) is 0 Å². The minimum Gasteiger partial charge on any atom is -0.434 e. The molecule has 0 aliphatic heterocycles. The van der Waals surface area contributed by atoms with Crippen LogP contribution in [0.5, 0.6) is 0 Å². The molecule has 0 aromatic heterocycles. The SMILES string of the molecule is NNC(=O)OC1(C(=O)c2ccccc2)CCCCC1. The maximum Gasteiger partial charge on any atom is 0.422 e. The average molecular weight is 262 g/mol. The van der Waals surface area contributed by atoms with Crippen molar-refractivity contribution in [2.45, 2.75) is 37.7 Å². The highest BCUT2D eigenvalue weighted by Gasteiger charge is 2.43. The quantitative estimate of drug-likeness (QED) is 0.378. The highest BCUT2D eigenvalue weighted by atomic mass is 16.6. The van der Waals surface area contributed by atoms with Gasteiger partial charge in [-0.1, -0.05) is 36.8 Å². The van der Waals surface area contributed by atoms with Crippen LogP contribution in [0, 0.1) is 0 Å². The number of hydrazine groups is 1. The molecule has 0 bridgehead atoms. The summed E-state index contributed by atoms with van der Waals surface area (Å²) >= 11 is 0. The Morgan fingerprint density at radius 3 is 2.32 bits per heavy atom. The van der Waals surface area contributed by atoms with Gasteiger partial charge in [-0.3, -0.25) is 10.2 Å². The molecule has 5 heteroatoms. The molecular formula is C14H18N2O3. The van der Waals surface area contributed by atoms with E-state index in [0.29, 0.717) is 18.4 Å². The van der Waals surface area contributed by atoms with Crippen LogP contribution in [0.25, 0.3) is 0 Å². The molecule has 2 rings (SSSR count). The Kier molecular flexibility index (Phi) is 4.16. The van der Waals surface area contributed by atoms with Gasteiger partial charge in [0, 0.05) is 5.56 Å². The van der Waals surface area contributed by atoms with Gasteiger partial charge in [-0.25, -0.2) is 10.6 Å².